The van der Waals surface area contributed by atoms with Crippen molar-refractivity contribution in [2.75, 3.05) is 66.4 Å². The number of para-hydroxylation sites is 1. The molecule has 0 radical (unpaired) electrons. The average molecular weight is 551 g/mol. The number of nitrogens with one attached hydrogen (secondary N) is 1. The second-order valence-corrected chi connectivity index (χ2v) is 9.03. The number of likely N-dealkylation sites (tertiary alicyclic amines) is 1. The number of carbonyl (C=O) groups is 2. The van der Waals surface area contributed by atoms with E-state index in [-0.39, 0.29) is 24.5 Å². The summed E-state index contributed by atoms with van der Waals surface area (Å²) in [5, 5.41) is 2.90. The summed E-state index contributed by atoms with van der Waals surface area (Å²) in [6, 6.07) is 13.1. The summed E-state index contributed by atoms with van der Waals surface area (Å²) in [5.74, 6) is 3.36. The standard InChI is InChI=1S/C31H38N2O7/c1-4-15-37-17-19-39-20-18-38-16-12-32-31(35)25-21-24(28-8-6-7-9-29(28)36-3)22-27(23-25)40-26-10-13-33(14-11-26)30(34)5-2/h1,5-9,21-23,26H,2,10-20H2,3H3,(H,32,35). The zero-order valence-electron chi connectivity index (χ0n) is 23.1. The highest BCUT2D eigenvalue weighted by molar-refractivity contribution is 5.96. The smallest absolute Gasteiger partial charge is 0.251 e. The van der Waals surface area contributed by atoms with Gasteiger partial charge in [-0.3, -0.25) is 9.59 Å². The maximum absolute atomic E-state index is 13.1. The van der Waals surface area contributed by atoms with Crippen LogP contribution in [0.1, 0.15) is 23.2 Å². The molecule has 0 aromatic heterocycles. The van der Waals surface area contributed by atoms with Crippen LogP contribution in [-0.4, -0.2) is 89.2 Å². The molecule has 0 spiro atoms. The van der Waals surface area contributed by atoms with E-state index in [1.807, 2.05) is 36.4 Å². The van der Waals surface area contributed by atoms with Gasteiger partial charge >= 0.3 is 0 Å². The molecule has 2 aromatic carbocycles. The highest BCUT2D eigenvalue weighted by atomic mass is 16.5. The summed E-state index contributed by atoms with van der Waals surface area (Å²) in [5.41, 5.74) is 2.12. The van der Waals surface area contributed by atoms with Gasteiger partial charge in [0.1, 0.15) is 24.2 Å². The van der Waals surface area contributed by atoms with Crippen molar-refractivity contribution in [1.29, 1.82) is 0 Å². The number of ether oxygens (including phenoxy) is 5. The maximum atomic E-state index is 13.1. The van der Waals surface area contributed by atoms with Crippen molar-refractivity contribution in [3.8, 4) is 35.0 Å². The lowest BCUT2D eigenvalue weighted by atomic mass is 10.0. The molecule has 1 heterocycles. The maximum Gasteiger partial charge on any atom is 0.251 e. The molecule has 0 atom stereocenters. The Bertz CT molecular complexity index is 1150. The topological polar surface area (TPSA) is 95.6 Å². The molecule has 2 amide bonds. The van der Waals surface area contributed by atoms with Crippen LogP contribution in [-0.2, 0) is 19.0 Å². The Morgan fingerprint density at radius 3 is 2.45 bits per heavy atom. The molecule has 1 aliphatic heterocycles. The number of hydrogen-bond acceptors (Lipinski definition) is 7. The molecule has 1 saturated heterocycles. The molecule has 3 rings (SSSR count). The second kappa shape index (κ2) is 17.0. The molecule has 0 saturated carbocycles. The molecule has 9 nitrogen and oxygen atoms in total. The normalized spacial score (nSPS) is 13.3. The van der Waals surface area contributed by atoms with Gasteiger partial charge in [0.25, 0.3) is 5.91 Å². The molecule has 1 aliphatic rings. The van der Waals surface area contributed by atoms with E-state index in [2.05, 4.69) is 17.8 Å². The minimum atomic E-state index is -0.237. The van der Waals surface area contributed by atoms with E-state index in [4.69, 9.17) is 30.1 Å². The van der Waals surface area contributed by atoms with Crippen molar-refractivity contribution in [1.82, 2.24) is 10.2 Å². The fraction of sp³-hybridized carbons (Fsp3) is 0.419. The molecule has 214 valence electrons. The molecular weight excluding hydrogens is 512 g/mol. The van der Waals surface area contributed by atoms with Crippen LogP contribution in [0.25, 0.3) is 11.1 Å². The van der Waals surface area contributed by atoms with Crippen LogP contribution in [0.3, 0.4) is 0 Å². The Balaban J connectivity index is 1.59. The number of amides is 2. The van der Waals surface area contributed by atoms with Crippen molar-refractivity contribution in [3.63, 3.8) is 0 Å². The summed E-state index contributed by atoms with van der Waals surface area (Å²) in [6.45, 7) is 7.43. The molecule has 1 fully saturated rings. The SMILES string of the molecule is C#CCOCCOCCOCCNC(=O)c1cc(OC2CCN(C(=O)C=C)CC2)cc(-c2ccccc2OC)c1. The molecule has 0 aliphatic carbocycles. The van der Waals surface area contributed by atoms with Gasteiger partial charge in [-0.05, 0) is 35.9 Å². The summed E-state index contributed by atoms with van der Waals surface area (Å²) in [7, 11) is 1.61. The molecule has 2 aromatic rings. The summed E-state index contributed by atoms with van der Waals surface area (Å²) in [4.78, 5) is 26.8. The predicted octanol–water partition coefficient (Wildman–Crippen LogP) is 3.33. The first kappa shape index (κ1) is 30.7. The van der Waals surface area contributed by atoms with E-state index in [1.54, 1.807) is 18.1 Å². The average Bonchev–Trinajstić information content (AvgIpc) is 2.99. The van der Waals surface area contributed by atoms with Gasteiger partial charge < -0.3 is 33.9 Å². The Hall–Kier alpha value is -3.84. The fourth-order valence-electron chi connectivity index (χ4n) is 4.26. The fourth-order valence-corrected chi connectivity index (χ4v) is 4.26. The van der Waals surface area contributed by atoms with Gasteiger partial charge in [-0.25, -0.2) is 0 Å². The molecular formula is C31H38N2O7. The number of terminal acetylenes is 1. The van der Waals surface area contributed by atoms with E-state index < -0.39 is 0 Å². The number of rotatable bonds is 16. The number of hydrogen-bond donors (Lipinski definition) is 1. The van der Waals surface area contributed by atoms with E-state index in [0.717, 1.165) is 11.1 Å². The Morgan fingerprint density at radius 1 is 1.05 bits per heavy atom. The zero-order valence-corrected chi connectivity index (χ0v) is 23.1. The van der Waals surface area contributed by atoms with Gasteiger partial charge in [0, 0.05) is 43.6 Å². The lowest BCUT2D eigenvalue weighted by Gasteiger charge is -2.31. The third-order valence-corrected chi connectivity index (χ3v) is 6.28. The molecule has 0 unspecified atom stereocenters. The highest BCUT2D eigenvalue weighted by Gasteiger charge is 2.23. The number of methoxy groups -OCH3 is 1. The summed E-state index contributed by atoms with van der Waals surface area (Å²) in [6.07, 6.45) is 7.76. The Kier molecular flexibility index (Phi) is 13.0. The molecule has 1 N–H and O–H groups in total. The van der Waals surface area contributed by atoms with Crippen LogP contribution < -0.4 is 14.8 Å². The molecule has 9 heteroatoms. The monoisotopic (exact) mass is 550 g/mol. The first-order chi connectivity index (χ1) is 19.5. The van der Waals surface area contributed by atoms with Gasteiger partial charge in [0.05, 0.1) is 40.1 Å². The number of nitrogens with zero attached hydrogens (tertiary/aromatic N) is 1. The van der Waals surface area contributed by atoms with Crippen LogP contribution in [0.5, 0.6) is 11.5 Å². The van der Waals surface area contributed by atoms with Gasteiger partial charge in [-0.1, -0.05) is 30.7 Å². The molecule has 40 heavy (non-hydrogen) atoms. The van der Waals surface area contributed by atoms with Gasteiger partial charge in [0.15, 0.2) is 0 Å². The second-order valence-electron chi connectivity index (χ2n) is 9.03. The van der Waals surface area contributed by atoms with Crippen molar-refractivity contribution in [2.45, 2.75) is 18.9 Å². The van der Waals surface area contributed by atoms with Crippen LogP contribution >= 0.6 is 0 Å². The van der Waals surface area contributed by atoms with E-state index in [9.17, 15) is 9.59 Å². The summed E-state index contributed by atoms with van der Waals surface area (Å²) >= 11 is 0. The van der Waals surface area contributed by atoms with Crippen molar-refractivity contribution >= 4 is 11.8 Å². The summed E-state index contributed by atoms with van der Waals surface area (Å²) < 4.78 is 27.9. The zero-order chi connectivity index (χ0) is 28.6. The Labute approximate surface area is 236 Å². The van der Waals surface area contributed by atoms with Crippen LogP contribution in [0, 0.1) is 12.3 Å². The quantitative estimate of drug-likeness (QED) is 0.195. The van der Waals surface area contributed by atoms with Gasteiger partial charge in [-0.2, -0.15) is 0 Å². The van der Waals surface area contributed by atoms with E-state index in [0.29, 0.717) is 82.6 Å². The first-order valence-corrected chi connectivity index (χ1v) is 13.4. The number of piperidine rings is 1. The van der Waals surface area contributed by atoms with E-state index >= 15 is 0 Å². The van der Waals surface area contributed by atoms with Crippen LogP contribution in [0.4, 0.5) is 0 Å². The third kappa shape index (κ3) is 9.72. The number of carbonyl (C=O) groups excluding carboxylic acids is 2. The minimum Gasteiger partial charge on any atom is -0.496 e. The van der Waals surface area contributed by atoms with Gasteiger partial charge in [-0.15, -0.1) is 6.42 Å². The number of benzene rings is 2. The Morgan fingerprint density at radius 2 is 1.75 bits per heavy atom. The van der Waals surface area contributed by atoms with Crippen molar-refractivity contribution in [2.24, 2.45) is 0 Å². The van der Waals surface area contributed by atoms with Gasteiger partial charge in [0.2, 0.25) is 5.91 Å². The highest BCUT2D eigenvalue weighted by Crippen LogP contribution is 2.33. The largest absolute Gasteiger partial charge is 0.496 e. The first-order valence-electron chi connectivity index (χ1n) is 13.4. The van der Waals surface area contributed by atoms with Crippen LogP contribution in [0.2, 0.25) is 0 Å². The van der Waals surface area contributed by atoms with Crippen LogP contribution in [0.15, 0.2) is 55.1 Å². The lowest BCUT2D eigenvalue weighted by molar-refractivity contribution is -0.127. The van der Waals surface area contributed by atoms with Crippen molar-refractivity contribution < 1.29 is 33.3 Å². The third-order valence-electron chi connectivity index (χ3n) is 6.28. The lowest BCUT2D eigenvalue weighted by Crippen LogP contribution is -2.41. The van der Waals surface area contributed by atoms with Crippen molar-refractivity contribution in [3.05, 3.63) is 60.7 Å². The molecule has 0 bridgehead atoms. The predicted molar refractivity (Wildman–Crippen MR) is 152 cm³/mol. The van der Waals surface area contributed by atoms with E-state index in [1.165, 1.54) is 6.08 Å². The minimum absolute atomic E-state index is 0.0715.